The molecule has 6 nitrogen and oxygen atoms in total. The predicted molar refractivity (Wildman–Crippen MR) is 83.8 cm³/mol. The van der Waals surface area contributed by atoms with Gasteiger partial charge in [-0.2, -0.15) is 0 Å². The zero-order valence-corrected chi connectivity index (χ0v) is 12.0. The Labute approximate surface area is 130 Å². The van der Waals surface area contributed by atoms with Crippen LogP contribution in [0.3, 0.4) is 0 Å². The zero-order chi connectivity index (χ0) is 16.1. The number of rotatable bonds is 1. The summed E-state index contributed by atoms with van der Waals surface area (Å²) in [7, 11) is 0. The lowest BCUT2D eigenvalue weighted by Crippen LogP contribution is -2.26. The molecule has 0 saturated carbocycles. The molecule has 1 aromatic carbocycles. The second kappa shape index (κ2) is 4.67. The average molecular weight is 308 g/mol. The molecule has 2 N–H and O–H groups in total. The van der Waals surface area contributed by atoms with Gasteiger partial charge in [-0.25, -0.2) is 9.78 Å². The number of hydrogen-bond donors (Lipinski definition) is 2. The molecule has 0 unspecified atom stereocenters. The van der Waals surface area contributed by atoms with E-state index in [4.69, 9.17) is 5.11 Å². The number of aryl methyl sites for hydroxylation is 1. The van der Waals surface area contributed by atoms with Crippen LogP contribution in [0.15, 0.2) is 41.2 Å². The maximum atomic E-state index is 12.7. The lowest BCUT2D eigenvalue weighted by molar-refractivity contribution is 0.0691. The summed E-state index contributed by atoms with van der Waals surface area (Å²) in [6.45, 7) is 0.468. The molecule has 0 radical (unpaired) electrons. The quantitative estimate of drug-likeness (QED) is 0.717. The largest absolute Gasteiger partial charge is 0.504 e. The second-order valence-corrected chi connectivity index (χ2v) is 5.46. The van der Waals surface area contributed by atoms with Crippen LogP contribution in [-0.4, -0.2) is 25.7 Å². The Kier molecular flexibility index (Phi) is 2.74. The molecule has 0 spiro atoms. The van der Waals surface area contributed by atoms with Crippen LogP contribution in [0.1, 0.15) is 16.1 Å². The number of carboxylic acids is 1. The Morgan fingerprint density at radius 2 is 1.96 bits per heavy atom. The average Bonchev–Trinajstić information content (AvgIpc) is 2.58. The van der Waals surface area contributed by atoms with Crippen LogP contribution in [0.25, 0.3) is 22.2 Å². The minimum atomic E-state index is -1.20. The third-order valence-corrected chi connectivity index (χ3v) is 4.19. The van der Waals surface area contributed by atoms with Gasteiger partial charge >= 0.3 is 5.97 Å². The molecule has 3 heterocycles. The van der Waals surface area contributed by atoms with E-state index in [0.29, 0.717) is 18.7 Å². The number of hydrogen-bond acceptors (Lipinski definition) is 4. The van der Waals surface area contributed by atoms with Gasteiger partial charge in [0.25, 0.3) is 5.56 Å². The van der Waals surface area contributed by atoms with Crippen molar-refractivity contribution >= 4 is 16.9 Å². The molecule has 0 saturated heterocycles. The van der Waals surface area contributed by atoms with Crippen molar-refractivity contribution < 1.29 is 15.0 Å². The number of aromatic nitrogens is 2. The van der Waals surface area contributed by atoms with Gasteiger partial charge in [-0.1, -0.05) is 24.3 Å². The first-order chi connectivity index (χ1) is 11.1. The van der Waals surface area contributed by atoms with Crippen molar-refractivity contribution in [1.29, 1.82) is 0 Å². The van der Waals surface area contributed by atoms with Crippen LogP contribution < -0.4 is 5.56 Å². The minimum absolute atomic E-state index is 0.0258. The van der Waals surface area contributed by atoms with Gasteiger partial charge in [0.05, 0.1) is 11.1 Å². The lowest BCUT2D eigenvalue weighted by Gasteiger charge is -2.23. The SMILES string of the molecule is O=C(O)c1ccc2c(=O)n3c(c(O)c2n1)-c1ccccc1CC3. The van der Waals surface area contributed by atoms with E-state index >= 15 is 0 Å². The summed E-state index contributed by atoms with van der Waals surface area (Å²) in [5, 5.41) is 19.9. The Morgan fingerprint density at radius 3 is 2.74 bits per heavy atom. The number of carbonyl (C=O) groups is 1. The van der Waals surface area contributed by atoms with Crippen LogP contribution in [0, 0.1) is 0 Å². The van der Waals surface area contributed by atoms with Gasteiger partial charge in [0, 0.05) is 12.1 Å². The smallest absolute Gasteiger partial charge is 0.354 e. The number of aromatic carboxylic acids is 1. The Morgan fingerprint density at radius 1 is 1.17 bits per heavy atom. The number of pyridine rings is 2. The molecular formula is C17H12N2O4. The van der Waals surface area contributed by atoms with Gasteiger partial charge in [0.15, 0.2) is 5.75 Å². The molecule has 1 aliphatic rings. The van der Waals surface area contributed by atoms with E-state index < -0.39 is 5.97 Å². The van der Waals surface area contributed by atoms with E-state index in [0.717, 1.165) is 11.1 Å². The summed E-state index contributed by atoms with van der Waals surface area (Å²) < 4.78 is 1.53. The third-order valence-electron chi connectivity index (χ3n) is 4.19. The van der Waals surface area contributed by atoms with Crippen molar-refractivity contribution in [3.8, 4) is 17.0 Å². The van der Waals surface area contributed by atoms with Crippen molar-refractivity contribution in [1.82, 2.24) is 9.55 Å². The summed E-state index contributed by atoms with van der Waals surface area (Å²) in [5.74, 6) is -1.36. The zero-order valence-electron chi connectivity index (χ0n) is 12.0. The van der Waals surface area contributed by atoms with Crippen molar-refractivity contribution in [3.05, 3.63) is 58.0 Å². The molecule has 2 aromatic heterocycles. The summed E-state index contributed by atoms with van der Waals surface area (Å²) in [6, 6.07) is 10.2. The molecule has 0 bridgehead atoms. The topological polar surface area (TPSA) is 92.4 Å². The molecule has 114 valence electrons. The number of fused-ring (bicyclic) bond motifs is 4. The molecule has 0 aliphatic carbocycles. The predicted octanol–water partition coefficient (Wildman–Crippen LogP) is 2.02. The second-order valence-electron chi connectivity index (χ2n) is 5.46. The van der Waals surface area contributed by atoms with Crippen molar-refractivity contribution in [2.75, 3.05) is 0 Å². The molecule has 6 heteroatoms. The fraction of sp³-hybridized carbons (Fsp3) is 0.118. The maximum absolute atomic E-state index is 12.7. The molecule has 0 fully saturated rings. The van der Waals surface area contributed by atoms with Gasteiger partial charge in [-0.3, -0.25) is 4.79 Å². The molecule has 0 amide bonds. The van der Waals surface area contributed by atoms with E-state index in [2.05, 4.69) is 4.98 Å². The number of aromatic hydroxyl groups is 1. The number of benzene rings is 1. The van der Waals surface area contributed by atoms with E-state index in [1.165, 1.54) is 16.7 Å². The highest BCUT2D eigenvalue weighted by Gasteiger charge is 2.24. The fourth-order valence-electron chi connectivity index (χ4n) is 3.11. The highest BCUT2D eigenvalue weighted by Crippen LogP contribution is 2.37. The Balaban J connectivity index is 2.15. The van der Waals surface area contributed by atoms with E-state index in [-0.39, 0.29) is 27.9 Å². The summed E-state index contributed by atoms with van der Waals surface area (Å²) in [5.41, 5.74) is 1.76. The third kappa shape index (κ3) is 1.85. The Bertz CT molecular complexity index is 1040. The minimum Gasteiger partial charge on any atom is -0.504 e. The van der Waals surface area contributed by atoms with Crippen molar-refractivity contribution in [2.24, 2.45) is 0 Å². The van der Waals surface area contributed by atoms with Crippen LogP contribution >= 0.6 is 0 Å². The van der Waals surface area contributed by atoms with Gasteiger partial charge in [-0.05, 0) is 24.1 Å². The molecule has 1 aliphatic heterocycles. The monoisotopic (exact) mass is 308 g/mol. The van der Waals surface area contributed by atoms with Crippen molar-refractivity contribution in [3.63, 3.8) is 0 Å². The molecule has 23 heavy (non-hydrogen) atoms. The molecule has 4 rings (SSSR count). The number of nitrogens with zero attached hydrogens (tertiary/aromatic N) is 2. The normalized spacial score (nSPS) is 12.7. The number of carboxylic acid groups (broad SMARTS) is 1. The van der Waals surface area contributed by atoms with Gasteiger partial charge in [0.2, 0.25) is 0 Å². The van der Waals surface area contributed by atoms with Crippen LogP contribution in [-0.2, 0) is 13.0 Å². The van der Waals surface area contributed by atoms with Gasteiger partial charge < -0.3 is 14.8 Å². The summed E-state index contributed by atoms with van der Waals surface area (Å²) in [6.07, 6.45) is 0.703. The first kappa shape index (κ1) is 13.5. The maximum Gasteiger partial charge on any atom is 0.354 e. The van der Waals surface area contributed by atoms with Crippen LogP contribution in [0.2, 0.25) is 0 Å². The Hall–Kier alpha value is -3.15. The summed E-state index contributed by atoms with van der Waals surface area (Å²) >= 11 is 0. The van der Waals surface area contributed by atoms with E-state index in [1.54, 1.807) is 0 Å². The molecule has 0 atom stereocenters. The van der Waals surface area contributed by atoms with Crippen molar-refractivity contribution in [2.45, 2.75) is 13.0 Å². The fourth-order valence-corrected chi connectivity index (χ4v) is 3.11. The van der Waals surface area contributed by atoms with Crippen LogP contribution in [0.4, 0.5) is 0 Å². The molecular weight excluding hydrogens is 296 g/mol. The van der Waals surface area contributed by atoms with E-state index in [1.807, 2.05) is 24.3 Å². The van der Waals surface area contributed by atoms with Crippen LogP contribution in [0.5, 0.6) is 5.75 Å². The highest BCUT2D eigenvalue weighted by molar-refractivity contribution is 5.94. The first-order valence-electron chi connectivity index (χ1n) is 7.16. The highest BCUT2D eigenvalue weighted by atomic mass is 16.4. The standard InChI is InChI=1S/C17H12N2O4/c20-15-13-11(5-6-12(18-13)17(22)23)16(21)19-8-7-9-3-1-2-4-10(9)14(15)19/h1-6,20H,7-8H2,(H,22,23). The molecule has 3 aromatic rings. The van der Waals surface area contributed by atoms with Gasteiger partial charge in [-0.15, -0.1) is 0 Å². The van der Waals surface area contributed by atoms with Gasteiger partial charge in [0.1, 0.15) is 11.2 Å². The first-order valence-corrected chi connectivity index (χ1v) is 7.16. The van der Waals surface area contributed by atoms with E-state index in [9.17, 15) is 14.7 Å². The lowest BCUT2D eigenvalue weighted by atomic mass is 9.96. The summed E-state index contributed by atoms with van der Waals surface area (Å²) in [4.78, 5) is 27.7.